The molecule has 2 aromatic carbocycles. The summed E-state index contributed by atoms with van der Waals surface area (Å²) in [4.78, 5) is 24.0. The van der Waals surface area contributed by atoms with Gasteiger partial charge in [0.25, 0.3) is 0 Å². The summed E-state index contributed by atoms with van der Waals surface area (Å²) in [5.41, 5.74) is 8.94. The Morgan fingerprint density at radius 1 is 0.920 bits per heavy atom. The van der Waals surface area contributed by atoms with Crippen LogP contribution in [0.15, 0.2) is 48.5 Å². The van der Waals surface area contributed by atoms with Gasteiger partial charge in [-0.3, -0.25) is 9.59 Å². The lowest BCUT2D eigenvalue weighted by Gasteiger charge is -2.07. The molecule has 0 saturated carbocycles. The van der Waals surface area contributed by atoms with E-state index in [0.717, 1.165) is 36.8 Å². The van der Waals surface area contributed by atoms with Crippen molar-refractivity contribution in [2.45, 2.75) is 45.4 Å². The Labute approximate surface area is 149 Å². The minimum absolute atomic E-state index is 0.0197. The third-order valence-corrected chi connectivity index (χ3v) is 4.13. The molecular weight excluding hydrogens is 312 g/mol. The van der Waals surface area contributed by atoms with E-state index >= 15 is 0 Å². The lowest BCUT2D eigenvalue weighted by Crippen LogP contribution is -2.12. The fraction of sp³-hybridized carbons (Fsp3) is 0.333. The molecule has 25 heavy (non-hydrogen) atoms. The van der Waals surface area contributed by atoms with Crippen LogP contribution in [0.3, 0.4) is 0 Å². The van der Waals surface area contributed by atoms with Gasteiger partial charge in [-0.2, -0.15) is 0 Å². The van der Waals surface area contributed by atoms with Gasteiger partial charge >= 0.3 is 0 Å². The van der Waals surface area contributed by atoms with Gasteiger partial charge in [0.15, 0.2) is 5.78 Å². The SMILES string of the molecule is Cc1cccc(C(=O)CCCCCCC(=O)Nc2ccccc2N)c1. The van der Waals surface area contributed by atoms with Gasteiger partial charge in [0.05, 0.1) is 11.4 Å². The van der Waals surface area contributed by atoms with Gasteiger partial charge in [0, 0.05) is 18.4 Å². The number of carbonyl (C=O) groups is 2. The second kappa shape index (κ2) is 9.62. The van der Waals surface area contributed by atoms with Crippen LogP contribution in [0.25, 0.3) is 0 Å². The van der Waals surface area contributed by atoms with Crippen LogP contribution >= 0.6 is 0 Å². The minimum Gasteiger partial charge on any atom is -0.397 e. The van der Waals surface area contributed by atoms with Crippen molar-refractivity contribution in [3.63, 3.8) is 0 Å². The van der Waals surface area contributed by atoms with E-state index in [-0.39, 0.29) is 11.7 Å². The van der Waals surface area contributed by atoms with Gasteiger partial charge in [0.1, 0.15) is 0 Å². The molecule has 0 heterocycles. The number of Topliss-reactive ketones (excluding diaryl/α,β-unsaturated/α-hetero) is 1. The maximum Gasteiger partial charge on any atom is 0.224 e. The zero-order valence-electron chi connectivity index (χ0n) is 14.8. The highest BCUT2D eigenvalue weighted by Crippen LogP contribution is 2.17. The van der Waals surface area contributed by atoms with E-state index < -0.39 is 0 Å². The zero-order valence-corrected chi connectivity index (χ0v) is 14.8. The van der Waals surface area contributed by atoms with Gasteiger partial charge in [-0.15, -0.1) is 0 Å². The fourth-order valence-corrected chi connectivity index (χ4v) is 2.71. The molecule has 0 fully saturated rings. The molecular formula is C21H26N2O2. The maximum absolute atomic E-state index is 12.1. The van der Waals surface area contributed by atoms with Crippen LogP contribution < -0.4 is 11.1 Å². The molecule has 0 aliphatic rings. The molecule has 2 aromatic rings. The number of para-hydroxylation sites is 2. The van der Waals surface area contributed by atoms with Crippen molar-refractivity contribution in [2.24, 2.45) is 0 Å². The second-order valence-corrected chi connectivity index (χ2v) is 6.34. The Morgan fingerprint density at radius 2 is 1.64 bits per heavy atom. The first-order valence-corrected chi connectivity index (χ1v) is 8.80. The van der Waals surface area contributed by atoms with Crippen LogP contribution in [-0.2, 0) is 4.79 Å². The summed E-state index contributed by atoms with van der Waals surface area (Å²) in [6, 6.07) is 15.0. The molecule has 0 aliphatic carbocycles. The summed E-state index contributed by atoms with van der Waals surface area (Å²) in [5, 5.41) is 2.83. The Balaban J connectivity index is 1.59. The van der Waals surface area contributed by atoms with E-state index in [1.807, 2.05) is 43.3 Å². The summed E-state index contributed by atoms with van der Waals surface area (Å²) in [7, 11) is 0. The number of hydrogen-bond acceptors (Lipinski definition) is 3. The zero-order chi connectivity index (χ0) is 18.1. The summed E-state index contributed by atoms with van der Waals surface area (Å²) in [6.45, 7) is 1.99. The van der Waals surface area contributed by atoms with Crippen LogP contribution in [0.4, 0.5) is 11.4 Å². The molecule has 4 nitrogen and oxygen atoms in total. The van der Waals surface area contributed by atoms with Gasteiger partial charge in [-0.05, 0) is 38.0 Å². The van der Waals surface area contributed by atoms with E-state index in [1.165, 1.54) is 0 Å². The Bertz CT molecular complexity index is 725. The number of benzene rings is 2. The third kappa shape index (κ3) is 6.42. The van der Waals surface area contributed by atoms with Crippen LogP contribution in [0.1, 0.15) is 54.4 Å². The number of amides is 1. The molecule has 4 heteroatoms. The lowest BCUT2D eigenvalue weighted by atomic mass is 10.0. The van der Waals surface area contributed by atoms with Crippen molar-refractivity contribution < 1.29 is 9.59 Å². The topological polar surface area (TPSA) is 72.2 Å². The molecule has 1 amide bonds. The first-order chi connectivity index (χ1) is 12.1. The van der Waals surface area contributed by atoms with Crippen LogP contribution in [-0.4, -0.2) is 11.7 Å². The maximum atomic E-state index is 12.1. The third-order valence-electron chi connectivity index (χ3n) is 4.13. The predicted molar refractivity (Wildman–Crippen MR) is 103 cm³/mol. The van der Waals surface area contributed by atoms with Gasteiger partial charge in [0.2, 0.25) is 5.91 Å². The molecule has 2 rings (SSSR count). The predicted octanol–water partition coefficient (Wildman–Crippen LogP) is 4.74. The number of nitrogen functional groups attached to an aromatic ring is 1. The number of carbonyl (C=O) groups excluding carboxylic acids is 2. The molecule has 0 spiro atoms. The second-order valence-electron chi connectivity index (χ2n) is 6.34. The number of anilines is 2. The highest BCUT2D eigenvalue weighted by atomic mass is 16.1. The standard InChI is InChI=1S/C21H26N2O2/c1-16-9-8-10-17(15-16)20(24)13-4-2-3-5-14-21(25)23-19-12-7-6-11-18(19)22/h6-12,15H,2-5,13-14,22H2,1H3,(H,23,25). The van der Waals surface area contributed by atoms with Crippen LogP contribution in [0.5, 0.6) is 0 Å². The van der Waals surface area contributed by atoms with E-state index in [0.29, 0.717) is 24.2 Å². The average molecular weight is 338 g/mol. The Morgan fingerprint density at radius 3 is 2.36 bits per heavy atom. The van der Waals surface area contributed by atoms with Crippen molar-refractivity contribution in [1.29, 1.82) is 0 Å². The number of aryl methyl sites for hydroxylation is 1. The van der Waals surface area contributed by atoms with Crippen molar-refractivity contribution in [1.82, 2.24) is 0 Å². The van der Waals surface area contributed by atoms with Gasteiger partial charge in [-0.25, -0.2) is 0 Å². The first-order valence-electron chi connectivity index (χ1n) is 8.80. The number of nitrogens with one attached hydrogen (secondary N) is 1. The Kier molecular flexibility index (Phi) is 7.20. The average Bonchev–Trinajstić information content (AvgIpc) is 2.60. The highest BCUT2D eigenvalue weighted by molar-refractivity contribution is 5.96. The molecule has 0 atom stereocenters. The highest BCUT2D eigenvalue weighted by Gasteiger charge is 2.07. The van der Waals surface area contributed by atoms with Gasteiger partial charge in [-0.1, -0.05) is 48.7 Å². The monoisotopic (exact) mass is 338 g/mol. The lowest BCUT2D eigenvalue weighted by molar-refractivity contribution is -0.116. The quantitative estimate of drug-likeness (QED) is 0.394. The van der Waals surface area contributed by atoms with Gasteiger partial charge < -0.3 is 11.1 Å². The molecule has 0 radical (unpaired) electrons. The number of nitrogens with two attached hydrogens (primary N) is 1. The van der Waals surface area contributed by atoms with Crippen molar-refractivity contribution >= 4 is 23.1 Å². The summed E-state index contributed by atoms with van der Waals surface area (Å²) in [6.07, 6.45) is 4.62. The number of unbranched alkanes of at least 4 members (excludes halogenated alkanes) is 3. The summed E-state index contributed by atoms with van der Waals surface area (Å²) in [5.74, 6) is 0.176. The van der Waals surface area contributed by atoms with Crippen molar-refractivity contribution in [2.75, 3.05) is 11.1 Å². The molecule has 132 valence electrons. The van der Waals surface area contributed by atoms with E-state index in [4.69, 9.17) is 5.73 Å². The van der Waals surface area contributed by atoms with E-state index in [2.05, 4.69) is 5.32 Å². The molecule has 0 aliphatic heterocycles. The number of hydrogen-bond donors (Lipinski definition) is 2. The van der Waals surface area contributed by atoms with E-state index in [9.17, 15) is 9.59 Å². The number of rotatable bonds is 9. The first kappa shape index (κ1) is 18.7. The largest absolute Gasteiger partial charge is 0.397 e. The Hall–Kier alpha value is -2.62. The molecule has 0 unspecified atom stereocenters. The normalized spacial score (nSPS) is 10.4. The molecule has 0 saturated heterocycles. The van der Waals surface area contributed by atoms with Crippen LogP contribution in [0, 0.1) is 6.92 Å². The summed E-state index contributed by atoms with van der Waals surface area (Å²) < 4.78 is 0. The minimum atomic E-state index is -0.0197. The molecule has 0 aromatic heterocycles. The van der Waals surface area contributed by atoms with Crippen molar-refractivity contribution in [3.8, 4) is 0 Å². The molecule has 0 bridgehead atoms. The molecule has 3 N–H and O–H groups in total. The summed E-state index contributed by atoms with van der Waals surface area (Å²) >= 11 is 0. The van der Waals surface area contributed by atoms with E-state index in [1.54, 1.807) is 12.1 Å². The number of ketones is 1. The smallest absolute Gasteiger partial charge is 0.224 e. The van der Waals surface area contributed by atoms with Crippen molar-refractivity contribution in [3.05, 3.63) is 59.7 Å². The van der Waals surface area contributed by atoms with Crippen LogP contribution in [0.2, 0.25) is 0 Å². The fourth-order valence-electron chi connectivity index (χ4n) is 2.71.